The van der Waals surface area contributed by atoms with E-state index in [0.29, 0.717) is 72.0 Å². The average molecular weight is 1150 g/mol. The van der Waals surface area contributed by atoms with Crippen molar-refractivity contribution >= 4 is 50.1 Å². The first-order valence-electron chi connectivity index (χ1n) is 28.4. The van der Waals surface area contributed by atoms with Gasteiger partial charge in [0.05, 0.1) is 67.8 Å². The van der Waals surface area contributed by atoms with Crippen molar-refractivity contribution in [2.75, 3.05) is 59.5 Å². The molecule has 0 spiro atoms. The number of hydrogen-bond acceptors (Lipinski definition) is 16. The molecule has 5 aromatic heterocycles. The van der Waals surface area contributed by atoms with Crippen LogP contribution in [0.5, 0.6) is 0 Å². The van der Waals surface area contributed by atoms with Crippen LogP contribution in [0.4, 0.5) is 0 Å². The Labute approximate surface area is 480 Å². The maximum Gasteiger partial charge on any atom is 0.312 e. The number of aryl methyl sites for hydroxylation is 2. The van der Waals surface area contributed by atoms with Gasteiger partial charge in [0.25, 0.3) is 6.48 Å². The smallest absolute Gasteiger partial charge is 0.312 e. The number of rotatable bonds is 22. The summed E-state index contributed by atoms with van der Waals surface area (Å²) in [6, 6.07) is 18.8. The minimum Gasteiger partial charge on any atom is -0.460 e. The predicted octanol–water partition coefficient (Wildman–Crippen LogP) is 11.8. The summed E-state index contributed by atoms with van der Waals surface area (Å²) in [5, 5.41) is 8.25. The van der Waals surface area contributed by atoms with E-state index in [-0.39, 0.29) is 12.4 Å². The molecular formula is C60H88N8O11Si2. The van der Waals surface area contributed by atoms with Gasteiger partial charge in [0.2, 0.25) is 0 Å². The number of hydrogen-bond donors (Lipinski definition) is 0. The quantitative estimate of drug-likeness (QED) is 0.0269. The van der Waals surface area contributed by atoms with Crippen LogP contribution in [-0.2, 0) is 83.6 Å². The molecule has 0 atom stereocenters. The Morgan fingerprint density at radius 2 is 1.12 bits per heavy atom. The van der Waals surface area contributed by atoms with Crippen molar-refractivity contribution in [2.45, 2.75) is 164 Å². The molecule has 0 bridgehead atoms. The molecule has 81 heavy (non-hydrogen) atoms. The summed E-state index contributed by atoms with van der Waals surface area (Å²) in [6.07, 6.45) is 5.23. The van der Waals surface area contributed by atoms with Crippen LogP contribution in [0.2, 0.25) is 51.4 Å². The van der Waals surface area contributed by atoms with Gasteiger partial charge in [-0.25, -0.2) is 15.0 Å². The van der Waals surface area contributed by atoms with Crippen molar-refractivity contribution in [1.82, 2.24) is 38.7 Å². The molecule has 2 aliphatic heterocycles. The summed E-state index contributed by atoms with van der Waals surface area (Å²) in [4.78, 5) is 26.7. The highest BCUT2D eigenvalue weighted by Gasteiger charge is 2.35. The molecule has 2 fully saturated rings. The third-order valence-electron chi connectivity index (χ3n) is 13.7. The van der Waals surface area contributed by atoms with Crippen LogP contribution in [0.1, 0.15) is 83.3 Å². The van der Waals surface area contributed by atoms with Crippen molar-refractivity contribution in [3.05, 3.63) is 95.2 Å². The summed E-state index contributed by atoms with van der Waals surface area (Å²) < 4.78 is 62.6. The first-order valence-corrected chi connectivity index (χ1v) is 35.8. The standard InChI is InChI=1S/C29H41N3O5Si.C24H31N5O3Si.C7H16O3/c1-20-25-27(30-18-23(31-25)17-24(33)37-28(2,3)4)32(19-34-15-16-38(6,7)8)26(20)21-9-11-22(12-10-21)29(5)35-13-14-36-29;1-17-21(18-6-8-19(9-7-18)24(2)31-10-11-32-24)29(16-30-12-13-33(3,4)5)23-22(17)28-15-26-27-20(28)14-25-23;1-4-8-7(9-5-2)10-6-3/h9-12,18H,13-17,19H2,1-8H3;6-9,14-15H,10-13,16H2,1-5H3;7H,4-6H2,1-3H3. The summed E-state index contributed by atoms with van der Waals surface area (Å²) in [6.45, 7) is 39.5. The number of aromatic nitrogens is 8. The molecule has 0 N–H and O–H groups in total. The zero-order valence-electron chi connectivity index (χ0n) is 50.9. The molecule has 21 heteroatoms. The molecule has 2 aliphatic rings. The lowest BCUT2D eigenvalue weighted by atomic mass is 10.0. The molecule has 7 heterocycles. The molecule has 0 saturated carbocycles. The van der Waals surface area contributed by atoms with Crippen LogP contribution in [0.25, 0.3) is 50.5 Å². The highest BCUT2D eigenvalue weighted by molar-refractivity contribution is 6.76. The summed E-state index contributed by atoms with van der Waals surface area (Å²) in [5.74, 6) is -1.73. The third kappa shape index (κ3) is 16.5. The van der Waals surface area contributed by atoms with Crippen molar-refractivity contribution in [3.8, 4) is 22.5 Å². The molecule has 9 rings (SSSR count). The van der Waals surface area contributed by atoms with Gasteiger partial charge in [-0.1, -0.05) is 87.8 Å². The second-order valence-electron chi connectivity index (χ2n) is 23.9. The van der Waals surface area contributed by atoms with Crippen molar-refractivity contribution < 1.29 is 52.2 Å². The van der Waals surface area contributed by atoms with Gasteiger partial charge in [-0.15, -0.1) is 10.2 Å². The monoisotopic (exact) mass is 1150 g/mol. The number of benzene rings is 2. The fraction of sp³-hybridized carbons (Fsp3) is 0.567. The predicted molar refractivity (Wildman–Crippen MR) is 319 cm³/mol. The second-order valence-corrected chi connectivity index (χ2v) is 35.1. The summed E-state index contributed by atoms with van der Waals surface area (Å²) in [5.41, 5.74) is 12.4. The second kappa shape index (κ2) is 27.4. The minimum atomic E-state index is -1.22. The van der Waals surface area contributed by atoms with Crippen LogP contribution >= 0.6 is 0 Å². The lowest BCUT2D eigenvalue weighted by Crippen LogP contribution is -2.25. The van der Waals surface area contributed by atoms with Crippen LogP contribution in [0, 0.1) is 13.8 Å². The molecular weight excluding hydrogens is 1060 g/mol. The fourth-order valence-corrected chi connectivity index (χ4v) is 11.0. The lowest BCUT2D eigenvalue weighted by Gasteiger charge is -2.23. The van der Waals surface area contributed by atoms with Gasteiger partial charge in [-0.3, -0.25) is 18.3 Å². The minimum absolute atomic E-state index is 0.0696. The maximum atomic E-state index is 12.4. The van der Waals surface area contributed by atoms with Gasteiger partial charge < -0.3 is 47.4 Å². The molecule has 7 aromatic rings. The number of nitrogens with zero attached hydrogens (tertiary/aromatic N) is 8. The molecule has 0 amide bonds. The third-order valence-corrected chi connectivity index (χ3v) is 17.1. The molecule has 2 saturated heterocycles. The Morgan fingerprint density at radius 3 is 1.58 bits per heavy atom. The first-order chi connectivity index (χ1) is 38.4. The zero-order chi connectivity index (χ0) is 58.8. The van der Waals surface area contributed by atoms with Gasteiger partial charge >= 0.3 is 5.97 Å². The van der Waals surface area contributed by atoms with E-state index < -0.39 is 39.8 Å². The zero-order valence-corrected chi connectivity index (χ0v) is 52.9. The Morgan fingerprint density at radius 1 is 0.667 bits per heavy atom. The number of fused-ring (bicyclic) bond motifs is 4. The molecule has 19 nitrogen and oxygen atoms in total. The van der Waals surface area contributed by atoms with E-state index in [0.717, 1.165) is 91.4 Å². The van der Waals surface area contributed by atoms with E-state index in [1.165, 1.54) is 0 Å². The van der Waals surface area contributed by atoms with Crippen LogP contribution in [0.3, 0.4) is 0 Å². The van der Waals surface area contributed by atoms with E-state index >= 15 is 0 Å². The summed E-state index contributed by atoms with van der Waals surface area (Å²) in [7, 11) is -2.39. The normalized spacial score (nSPS) is 15.4. The SMILES string of the molecule is CCOC(OCC)OCC.Cc1c(-c2ccc(C3(C)OCCO3)cc2)n(COCC[Si](C)(C)C)c2ncc(CC(=O)OC(C)(C)C)nc12.Cc1c(-c2ccc(C3(C)OCCO3)cc2)n(COCC[Si](C)(C)C)c2ncc3nncn3c12. The molecule has 2 aromatic carbocycles. The number of carbonyl (C=O) groups excluding carboxylic acids is 1. The summed E-state index contributed by atoms with van der Waals surface area (Å²) >= 11 is 0. The van der Waals surface area contributed by atoms with Gasteiger partial charge in [0.1, 0.15) is 30.9 Å². The van der Waals surface area contributed by atoms with E-state index in [4.69, 9.17) is 62.3 Å². The van der Waals surface area contributed by atoms with Crippen LogP contribution in [-0.4, -0.2) is 132 Å². The van der Waals surface area contributed by atoms with E-state index in [9.17, 15) is 4.79 Å². The highest BCUT2D eigenvalue weighted by atomic mass is 28.3. The Hall–Kier alpha value is -5.31. The van der Waals surface area contributed by atoms with Crippen molar-refractivity contribution in [1.29, 1.82) is 0 Å². The van der Waals surface area contributed by atoms with E-state index in [1.807, 2.05) is 78.8 Å². The van der Waals surface area contributed by atoms with Crippen LogP contribution in [0.15, 0.2) is 67.3 Å². The number of esters is 1. The van der Waals surface area contributed by atoms with Crippen molar-refractivity contribution in [2.24, 2.45) is 0 Å². The maximum absolute atomic E-state index is 12.4. The highest BCUT2D eigenvalue weighted by Crippen LogP contribution is 2.38. The van der Waals surface area contributed by atoms with Gasteiger partial charge in [-0.05, 0) is 92.5 Å². The number of carbonyl (C=O) groups is 1. The lowest BCUT2D eigenvalue weighted by molar-refractivity contribution is -0.282. The molecule has 0 radical (unpaired) electrons. The van der Waals surface area contributed by atoms with E-state index in [2.05, 4.69) is 102 Å². The average Bonchev–Trinajstić information content (AvgIpc) is 4.34. The first kappa shape index (κ1) is 63.3. The molecule has 0 aliphatic carbocycles. The van der Waals surface area contributed by atoms with Crippen molar-refractivity contribution in [3.63, 3.8) is 0 Å². The Balaban J connectivity index is 0.000000201. The fourth-order valence-electron chi connectivity index (χ4n) is 9.50. The molecule has 442 valence electrons. The van der Waals surface area contributed by atoms with Gasteiger partial charge in [0, 0.05) is 71.4 Å². The number of ether oxygens (including phenoxy) is 10. The topological polar surface area (TPSA) is 188 Å². The Kier molecular flexibility index (Phi) is 21.4. The molecule has 0 unspecified atom stereocenters. The van der Waals surface area contributed by atoms with Gasteiger partial charge in [0.15, 0.2) is 28.5 Å². The van der Waals surface area contributed by atoms with E-state index in [1.54, 1.807) is 18.7 Å². The Bertz CT molecular complexity index is 3130. The van der Waals surface area contributed by atoms with Gasteiger partial charge in [-0.2, -0.15) is 0 Å². The van der Waals surface area contributed by atoms with Crippen LogP contribution < -0.4 is 0 Å². The largest absolute Gasteiger partial charge is 0.460 e.